The molecule has 1 heterocycles. The van der Waals surface area contributed by atoms with Gasteiger partial charge in [0.25, 0.3) is 0 Å². The van der Waals surface area contributed by atoms with Crippen LogP contribution in [0.1, 0.15) is 35.7 Å². The predicted octanol–water partition coefficient (Wildman–Crippen LogP) is 3.21. The number of nitrogens with one attached hydrogen (secondary N) is 1. The molecule has 0 saturated carbocycles. The van der Waals surface area contributed by atoms with Crippen LogP contribution in [0.5, 0.6) is 0 Å². The number of hydrogen-bond donors (Lipinski definition) is 1. The van der Waals surface area contributed by atoms with Crippen LogP contribution in [0.4, 0.5) is 5.69 Å². The van der Waals surface area contributed by atoms with Gasteiger partial charge >= 0.3 is 5.97 Å². The molecule has 1 fully saturated rings. The van der Waals surface area contributed by atoms with Gasteiger partial charge < -0.3 is 10.1 Å². The van der Waals surface area contributed by atoms with Crippen LogP contribution in [0.2, 0.25) is 0 Å². The lowest BCUT2D eigenvalue weighted by atomic mass is 9.98. The molecule has 1 aliphatic rings. The van der Waals surface area contributed by atoms with E-state index in [1.807, 2.05) is 6.92 Å². The van der Waals surface area contributed by atoms with Crippen LogP contribution in [0.25, 0.3) is 0 Å². The molecule has 30 heavy (non-hydrogen) atoms. The van der Waals surface area contributed by atoms with Crippen molar-refractivity contribution in [3.05, 3.63) is 59.7 Å². The standard InChI is InChI=1S/C22H26N2O5S/c1-3-29-22(26)17-8-10-19(11-9-17)23-21(25)18-5-4-14-24(15-18)30(27,28)20-12-6-16(2)7-13-20/h6-13,18H,3-5,14-15H2,1-2H3,(H,23,25)/t18-/m1/s1. The lowest BCUT2D eigenvalue weighted by molar-refractivity contribution is -0.120. The summed E-state index contributed by atoms with van der Waals surface area (Å²) in [4.78, 5) is 24.7. The fraction of sp³-hybridized carbons (Fsp3) is 0.364. The number of benzene rings is 2. The van der Waals surface area contributed by atoms with E-state index in [-0.39, 0.29) is 17.3 Å². The van der Waals surface area contributed by atoms with Gasteiger partial charge in [0.15, 0.2) is 0 Å². The number of nitrogens with zero attached hydrogens (tertiary/aromatic N) is 1. The number of hydrogen-bond acceptors (Lipinski definition) is 5. The van der Waals surface area contributed by atoms with Crippen LogP contribution >= 0.6 is 0 Å². The van der Waals surface area contributed by atoms with Crippen molar-refractivity contribution in [3.8, 4) is 0 Å². The van der Waals surface area contributed by atoms with E-state index >= 15 is 0 Å². The van der Waals surface area contributed by atoms with Crippen LogP contribution in [0, 0.1) is 12.8 Å². The van der Waals surface area contributed by atoms with Crippen molar-refractivity contribution < 1.29 is 22.7 Å². The minimum absolute atomic E-state index is 0.142. The minimum Gasteiger partial charge on any atom is -0.462 e. The second-order valence-electron chi connectivity index (χ2n) is 7.30. The summed E-state index contributed by atoms with van der Waals surface area (Å²) >= 11 is 0. The molecule has 8 heteroatoms. The normalized spacial score (nSPS) is 17.3. The summed E-state index contributed by atoms with van der Waals surface area (Å²) in [6.07, 6.45) is 1.23. The van der Waals surface area contributed by atoms with Crippen molar-refractivity contribution in [3.63, 3.8) is 0 Å². The highest BCUT2D eigenvalue weighted by Gasteiger charge is 2.33. The van der Waals surface area contributed by atoms with E-state index in [1.165, 1.54) is 4.31 Å². The molecule has 0 spiro atoms. The fourth-order valence-corrected chi connectivity index (χ4v) is 4.91. The molecular formula is C22H26N2O5S. The van der Waals surface area contributed by atoms with Crippen LogP contribution in [-0.4, -0.2) is 44.3 Å². The van der Waals surface area contributed by atoms with Crippen molar-refractivity contribution in [2.45, 2.75) is 31.6 Å². The Balaban J connectivity index is 1.65. The smallest absolute Gasteiger partial charge is 0.338 e. The van der Waals surface area contributed by atoms with Gasteiger partial charge in [-0.3, -0.25) is 4.79 Å². The van der Waals surface area contributed by atoms with Gasteiger partial charge in [-0.2, -0.15) is 4.31 Å². The van der Waals surface area contributed by atoms with E-state index < -0.39 is 21.9 Å². The molecule has 7 nitrogen and oxygen atoms in total. The first-order valence-electron chi connectivity index (χ1n) is 9.96. The Hall–Kier alpha value is -2.71. The first-order chi connectivity index (χ1) is 14.3. The molecule has 2 aromatic rings. The Morgan fingerprint density at radius 3 is 2.40 bits per heavy atom. The number of rotatable bonds is 6. The maximum absolute atomic E-state index is 12.9. The van der Waals surface area contributed by atoms with Crippen molar-refractivity contribution in [2.75, 3.05) is 25.0 Å². The summed E-state index contributed by atoms with van der Waals surface area (Å²) in [6.45, 7) is 4.47. The first-order valence-corrected chi connectivity index (χ1v) is 11.4. The molecule has 1 amide bonds. The maximum Gasteiger partial charge on any atom is 0.338 e. The van der Waals surface area contributed by atoms with E-state index in [2.05, 4.69) is 5.32 Å². The molecule has 2 aromatic carbocycles. The number of carbonyl (C=O) groups is 2. The topological polar surface area (TPSA) is 92.8 Å². The monoisotopic (exact) mass is 430 g/mol. The van der Waals surface area contributed by atoms with Crippen molar-refractivity contribution in [2.24, 2.45) is 5.92 Å². The third-order valence-electron chi connectivity index (χ3n) is 5.08. The summed E-state index contributed by atoms with van der Waals surface area (Å²) in [5.74, 6) is -1.09. The second kappa shape index (κ2) is 9.40. The van der Waals surface area contributed by atoms with Crippen LogP contribution in [-0.2, 0) is 19.6 Å². The minimum atomic E-state index is -3.64. The molecule has 1 N–H and O–H groups in total. The first kappa shape index (κ1) is 22.0. The van der Waals surface area contributed by atoms with Gasteiger partial charge in [-0.25, -0.2) is 13.2 Å². The molecule has 1 atom stereocenters. The van der Waals surface area contributed by atoms with Crippen molar-refractivity contribution in [1.29, 1.82) is 0 Å². The van der Waals surface area contributed by atoms with E-state index in [1.54, 1.807) is 55.5 Å². The molecule has 0 unspecified atom stereocenters. The quantitative estimate of drug-likeness (QED) is 0.711. The highest BCUT2D eigenvalue weighted by molar-refractivity contribution is 7.89. The summed E-state index contributed by atoms with van der Waals surface area (Å²) in [6, 6.07) is 13.2. The number of carbonyl (C=O) groups excluding carboxylic acids is 2. The van der Waals surface area contributed by atoms with Gasteiger partial charge in [0.05, 0.1) is 23.0 Å². The van der Waals surface area contributed by atoms with Gasteiger partial charge in [0.1, 0.15) is 0 Å². The molecule has 0 bridgehead atoms. The summed E-state index contributed by atoms with van der Waals surface area (Å²) < 4.78 is 32.2. The van der Waals surface area contributed by atoms with Crippen molar-refractivity contribution >= 4 is 27.6 Å². The number of anilines is 1. The molecule has 0 aromatic heterocycles. The molecular weight excluding hydrogens is 404 g/mol. The SMILES string of the molecule is CCOC(=O)c1ccc(NC(=O)[C@@H]2CCCN(S(=O)(=O)c3ccc(C)cc3)C2)cc1. The van der Waals surface area contributed by atoms with E-state index in [0.717, 1.165) is 5.56 Å². The highest BCUT2D eigenvalue weighted by Crippen LogP contribution is 2.25. The van der Waals surface area contributed by atoms with Crippen LogP contribution in [0.3, 0.4) is 0 Å². The Bertz CT molecular complexity index is 1000. The second-order valence-corrected chi connectivity index (χ2v) is 9.24. The van der Waals surface area contributed by atoms with Crippen LogP contribution < -0.4 is 5.32 Å². The summed E-state index contributed by atoms with van der Waals surface area (Å²) in [5.41, 5.74) is 1.94. The van der Waals surface area contributed by atoms with Crippen molar-refractivity contribution in [1.82, 2.24) is 4.31 Å². The lowest BCUT2D eigenvalue weighted by Crippen LogP contribution is -2.43. The number of ether oxygens (including phenoxy) is 1. The number of sulfonamides is 1. The summed E-state index contributed by atoms with van der Waals surface area (Å²) in [5, 5.41) is 2.82. The van der Waals surface area contributed by atoms with Gasteiger partial charge in [0, 0.05) is 18.8 Å². The zero-order valence-corrected chi connectivity index (χ0v) is 17.9. The zero-order valence-electron chi connectivity index (χ0n) is 17.1. The third kappa shape index (κ3) is 5.06. The zero-order chi connectivity index (χ0) is 21.7. The number of piperidine rings is 1. The molecule has 1 aliphatic heterocycles. The fourth-order valence-electron chi connectivity index (χ4n) is 3.38. The maximum atomic E-state index is 12.9. The Labute approximate surface area is 177 Å². The number of amides is 1. The molecule has 0 radical (unpaired) electrons. The third-order valence-corrected chi connectivity index (χ3v) is 6.96. The summed E-state index contributed by atoms with van der Waals surface area (Å²) in [7, 11) is -3.64. The van der Waals surface area contributed by atoms with Gasteiger partial charge in [-0.15, -0.1) is 0 Å². The molecule has 160 valence electrons. The Morgan fingerprint density at radius 1 is 1.10 bits per heavy atom. The molecule has 1 saturated heterocycles. The van der Waals surface area contributed by atoms with Gasteiger partial charge in [-0.1, -0.05) is 17.7 Å². The van der Waals surface area contributed by atoms with Gasteiger partial charge in [-0.05, 0) is 63.1 Å². The lowest BCUT2D eigenvalue weighted by Gasteiger charge is -2.31. The van der Waals surface area contributed by atoms with Crippen LogP contribution in [0.15, 0.2) is 53.4 Å². The van der Waals surface area contributed by atoms with E-state index in [4.69, 9.17) is 4.74 Å². The Kier molecular flexibility index (Phi) is 6.89. The average molecular weight is 431 g/mol. The molecule has 0 aliphatic carbocycles. The highest BCUT2D eigenvalue weighted by atomic mass is 32.2. The molecule has 3 rings (SSSR count). The Morgan fingerprint density at radius 2 is 1.77 bits per heavy atom. The van der Waals surface area contributed by atoms with E-state index in [0.29, 0.717) is 37.2 Å². The largest absolute Gasteiger partial charge is 0.462 e. The average Bonchev–Trinajstić information content (AvgIpc) is 2.75. The van der Waals surface area contributed by atoms with Gasteiger partial charge in [0.2, 0.25) is 15.9 Å². The predicted molar refractivity (Wildman–Crippen MR) is 114 cm³/mol. The number of aryl methyl sites for hydroxylation is 1. The number of esters is 1. The van der Waals surface area contributed by atoms with E-state index in [9.17, 15) is 18.0 Å².